The van der Waals surface area contributed by atoms with E-state index < -0.39 is 0 Å². The van der Waals surface area contributed by atoms with Crippen molar-refractivity contribution in [1.82, 2.24) is 19.7 Å². The van der Waals surface area contributed by atoms with E-state index in [2.05, 4.69) is 21.9 Å². The Kier molecular flexibility index (Phi) is 8.50. The number of hydrogen-bond acceptors (Lipinski definition) is 5. The van der Waals surface area contributed by atoms with E-state index in [-0.39, 0.29) is 18.1 Å². The highest BCUT2D eigenvalue weighted by Gasteiger charge is 2.20. The number of imidazole rings is 1. The Labute approximate surface area is 208 Å². The molecule has 0 unspecified atom stereocenters. The summed E-state index contributed by atoms with van der Waals surface area (Å²) in [6.45, 7) is 8.17. The van der Waals surface area contributed by atoms with Gasteiger partial charge in [-0.05, 0) is 50.1 Å². The molecule has 34 heavy (non-hydrogen) atoms. The number of ether oxygens (including phenoxy) is 1. The van der Waals surface area contributed by atoms with Crippen LogP contribution in [0.1, 0.15) is 35.1 Å². The van der Waals surface area contributed by atoms with Crippen molar-refractivity contribution in [3.63, 3.8) is 0 Å². The molecule has 0 atom stereocenters. The number of fused-ring (bicyclic) bond motifs is 1. The van der Waals surface area contributed by atoms with Crippen LogP contribution in [0, 0.1) is 6.92 Å². The molecule has 2 heterocycles. The lowest BCUT2D eigenvalue weighted by Gasteiger charge is -2.14. The third kappa shape index (κ3) is 5.33. The molecule has 0 aliphatic heterocycles. The third-order valence-corrected chi connectivity index (χ3v) is 5.86. The van der Waals surface area contributed by atoms with E-state index in [4.69, 9.17) is 33.7 Å². The van der Waals surface area contributed by atoms with Gasteiger partial charge in [-0.2, -0.15) is 0 Å². The van der Waals surface area contributed by atoms with Crippen molar-refractivity contribution in [3.05, 3.63) is 87.5 Å². The molecule has 7 nitrogen and oxygen atoms in total. The van der Waals surface area contributed by atoms with E-state index >= 15 is 0 Å². The number of methoxy groups -OCH3 is 1. The number of carbonyl (C=O) groups is 1. The Morgan fingerprint density at radius 2 is 2.09 bits per heavy atom. The van der Waals surface area contributed by atoms with Crippen molar-refractivity contribution in [2.24, 2.45) is 5.73 Å². The fourth-order valence-corrected chi connectivity index (χ4v) is 4.21. The molecule has 0 fully saturated rings. The molecular weight excluding hydrogens is 473 g/mol. The monoisotopic (exact) mass is 499 g/mol. The number of benzene rings is 1. The van der Waals surface area contributed by atoms with Crippen LogP contribution in [-0.4, -0.2) is 33.9 Å². The van der Waals surface area contributed by atoms with Gasteiger partial charge in [-0.3, -0.25) is 9.20 Å². The second-order valence-corrected chi connectivity index (χ2v) is 8.30. The van der Waals surface area contributed by atoms with Gasteiger partial charge >= 0.3 is 0 Å². The van der Waals surface area contributed by atoms with Gasteiger partial charge in [0.15, 0.2) is 0 Å². The minimum Gasteiger partial charge on any atom is -0.496 e. The number of nitrogens with zero attached hydrogens (tertiary/aromatic N) is 3. The lowest BCUT2D eigenvalue weighted by Crippen LogP contribution is -2.25. The van der Waals surface area contributed by atoms with Gasteiger partial charge in [0.05, 0.1) is 17.8 Å². The number of aromatic nitrogens is 3. The van der Waals surface area contributed by atoms with Gasteiger partial charge in [-0.15, -0.1) is 0 Å². The summed E-state index contributed by atoms with van der Waals surface area (Å²) < 4.78 is 7.09. The van der Waals surface area contributed by atoms with Gasteiger partial charge in [0.25, 0.3) is 5.91 Å². The quantitative estimate of drug-likeness (QED) is 0.309. The second-order valence-electron chi connectivity index (χ2n) is 7.45. The van der Waals surface area contributed by atoms with E-state index in [9.17, 15) is 4.79 Å². The first-order valence-corrected chi connectivity index (χ1v) is 11.4. The first-order chi connectivity index (χ1) is 16.3. The molecule has 0 radical (unpaired) electrons. The van der Waals surface area contributed by atoms with Gasteiger partial charge in [0, 0.05) is 41.1 Å². The fraction of sp³-hybridized carbons (Fsp3) is 0.240. The molecule has 3 N–H and O–H groups in total. The summed E-state index contributed by atoms with van der Waals surface area (Å²) in [5.74, 6) is 0.727. The number of nitrogens with one attached hydrogen (secondary N) is 1. The highest BCUT2D eigenvalue weighted by molar-refractivity contribution is 6.36. The molecule has 2 aromatic heterocycles. The Morgan fingerprint density at radius 3 is 2.71 bits per heavy atom. The van der Waals surface area contributed by atoms with Crippen LogP contribution in [0.5, 0.6) is 0 Å². The topological polar surface area (TPSA) is 94.5 Å². The molecule has 0 aliphatic rings. The summed E-state index contributed by atoms with van der Waals surface area (Å²) in [6, 6.07) is 5.24. The van der Waals surface area contributed by atoms with Crippen molar-refractivity contribution in [2.45, 2.75) is 26.8 Å². The lowest BCUT2D eigenvalue weighted by molar-refractivity contribution is 0.0949. The number of aryl methyl sites for hydroxylation is 1. The first kappa shape index (κ1) is 25.5. The SMILES string of the molecule is C=C/C(OC)=C(\C=C/C)CCNC(=O)c1cn2c(-c3ccc(Cl)cc3Cl)c(CN)c(C)nc2n1. The number of hydrogen-bond donors (Lipinski definition) is 2. The first-order valence-electron chi connectivity index (χ1n) is 10.7. The van der Waals surface area contributed by atoms with Gasteiger partial charge in [-0.1, -0.05) is 41.9 Å². The largest absolute Gasteiger partial charge is 0.496 e. The standard InChI is InChI=1S/C25H27Cl2N5O2/c1-5-7-16(22(6-2)34-4)10-11-29-24(33)21-14-32-23(18-9-8-17(26)12-20(18)27)19(13-28)15(3)30-25(32)31-21/h5-9,12,14H,2,10-11,13,28H2,1,3-4H3,(H,29,33)/b7-5-,22-16-. The molecule has 1 amide bonds. The van der Waals surface area contributed by atoms with E-state index in [0.29, 0.717) is 40.2 Å². The van der Waals surface area contributed by atoms with Crippen LogP contribution >= 0.6 is 23.2 Å². The van der Waals surface area contributed by atoms with E-state index in [0.717, 1.165) is 22.4 Å². The predicted octanol–water partition coefficient (Wildman–Crippen LogP) is 5.25. The summed E-state index contributed by atoms with van der Waals surface area (Å²) >= 11 is 12.6. The number of rotatable bonds is 9. The summed E-state index contributed by atoms with van der Waals surface area (Å²) in [4.78, 5) is 21.9. The van der Waals surface area contributed by atoms with Gasteiger partial charge in [0.2, 0.25) is 5.78 Å². The van der Waals surface area contributed by atoms with Crippen LogP contribution in [-0.2, 0) is 11.3 Å². The highest BCUT2D eigenvalue weighted by atomic mass is 35.5. The molecule has 0 aliphatic carbocycles. The molecule has 0 saturated carbocycles. The van der Waals surface area contributed by atoms with E-state index in [1.807, 2.05) is 32.1 Å². The zero-order valence-electron chi connectivity index (χ0n) is 19.4. The third-order valence-electron chi connectivity index (χ3n) is 5.31. The van der Waals surface area contributed by atoms with Gasteiger partial charge < -0.3 is 15.8 Å². The minimum atomic E-state index is -0.317. The average molecular weight is 500 g/mol. The number of amides is 1. The number of carbonyl (C=O) groups excluding carboxylic acids is 1. The zero-order chi connectivity index (χ0) is 24.8. The number of halogens is 2. The Hall–Kier alpha value is -3.13. The molecule has 0 bridgehead atoms. The molecule has 0 saturated heterocycles. The molecule has 3 rings (SSSR count). The van der Waals surface area contributed by atoms with Crippen LogP contribution < -0.4 is 11.1 Å². The van der Waals surface area contributed by atoms with Crippen LogP contribution in [0.25, 0.3) is 17.0 Å². The normalized spacial score (nSPS) is 12.2. The summed E-state index contributed by atoms with van der Waals surface area (Å²) in [5, 5.41) is 3.89. The van der Waals surface area contributed by atoms with Crippen LogP contribution in [0.2, 0.25) is 10.0 Å². The van der Waals surface area contributed by atoms with Crippen molar-refractivity contribution in [2.75, 3.05) is 13.7 Å². The van der Waals surface area contributed by atoms with Crippen molar-refractivity contribution in [1.29, 1.82) is 0 Å². The Balaban J connectivity index is 1.95. The van der Waals surface area contributed by atoms with Gasteiger partial charge in [-0.25, -0.2) is 9.97 Å². The van der Waals surface area contributed by atoms with Gasteiger partial charge in [0.1, 0.15) is 11.5 Å². The smallest absolute Gasteiger partial charge is 0.271 e. The second kappa shape index (κ2) is 11.3. The zero-order valence-corrected chi connectivity index (χ0v) is 20.9. The van der Waals surface area contributed by atoms with E-state index in [1.54, 1.807) is 35.9 Å². The maximum Gasteiger partial charge on any atom is 0.271 e. The van der Waals surface area contributed by atoms with Crippen LogP contribution in [0.4, 0.5) is 0 Å². The molecule has 0 spiro atoms. The average Bonchev–Trinajstić information content (AvgIpc) is 3.23. The minimum absolute atomic E-state index is 0.236. The molecule has 9 heteroatoms. The maximum atomic E-state index is 12.9. The predicted molar refractivity (Wildman–Crippen MR) is 137 cm³/mol. The molecule has 3 aromatic rings. The molecular formula is C25H27Cl2N5O2. The van der Waals surface area contributed by atoms with Crippen LogP contribution in [0.15, 0.2) is 60.5 Å². The number of nitrogens with two attached hydrogens (primary N) is 1. The van der Waals surface area contributed by atoms with E-state index in [1.165, 1.54) is 0 Å². The number of allylic oxidation sites excluding steroid dienone is 3. The summed E-state index contributed by atoms with van der Waals surface area (Å²) in [7, 11) is 1.59. The molecule has 1 aromatic carbocycles. The van der Waals surface area contributed by atoms with Crippen molar-refractivity contribution < 1.29 is 9.53 Å². The Morgan fingerprint density at radius 1 is 1.32 bits per heavy atom. The summed E-state index contributed by atoms with van der Waals surface area (Å²) in [6.07, 6.45) is 7.70. The summed E-state index contributed by atoms with van der Waals surface area (Å²) in [5.41, 5.74) is 10.2. The van der Waals surface area contributed by atoms with Crippen LogP contribution in [0.3, 0.4) is 0 Å². The lowest BCUT2D eigenvalue weighted by atomic mass is 10.0. The van der Waals surface area contributed by atoms with Crippen molar-refractivity contribution in [3.8, 4) is 11.3 Å². The fourth-order valence-electron chi connectivity index (χ4n) is 3.71. The molecule has 178 valence electrons. The highest BCUT2D eigenvalue weighted by Crippen LogP contribution is 2.34. The Bertz CT molecular complexity index is 1290. The van der Waals surface area contributed by atoms with Crippen molar-refractivity contribution >= 4 is 34.9 Å². The maximum absolute atomic E-state index is 12.9.